The molecule has 0 aromatic carbocycles. The quantitative estimate of drug-likeness (QED) is 0.395. The Kier molecular flexibility index (Phi) is 2.33. The van der Waals surface area contributed by atoms with Crippen LogP contribution in [-0.2, 0) is 11.3 Å². The van der Waals surface area contributed by atoms with E-state index in [1.54, 1.807) is 0 Å². The number of H-pyrrole nitrogens is 2. The van der Waals surface area contributed by atoms with Crippen molar-refractivity contribution >= 4 is 5.91 Å². The van der Waals surface area contributed by atoms with Crippen molar-refractivity contribution in [2.75, 3.05) is 0 Å². The van der Waals surface area contributed by atoms with E-state index in [-0.39, 0.29) is 0 Å². The molecule has 1 aromatic rings. The molecule has 8 nitrogen and oxygen atoms in total. The van der Waals surface area contributed by atoms with Gasteiger partial charge in [-0.1, -0.05) is 0 Å². The van der Waals surface area contributed by atoms with Gasteiger partial charge in [0, 0.05) is 0 Å². The van der Waals surface area contributed by atoms with Crippen LogP contribution in [0.2, 0.25) is 0 Å². The van der Waals surface area contributed by atoms with Gasteiger partial charge in [0.1, 0.15) is 0 Å². The first-order valence-corrected chi connectivity index (χ1v) is 3.37. The van der Waals surface area contributed by atoms with Gasteiger partial charge in [0.05, 0.1) is 6.54 Å². The Morgan fingerprint density at radius 1 is 1.46 bits per heavy atom. The Labute approximate surface area is 71.0 Å². The van der Waals surface area contributed by atoms with Crippen molar-refractivity contribution in [2.24, 2.45) is 5.73 Å². The van der Waals surface area contributed by atoms with E-state index in [0.717, 1.165) is 0 Å². The number of aromatic nitrogens is 3. The number of aliphatic hydroxyl groups is 1. The summed E-state index contributed by atoms with van der Waals surface area (Å²) in [6.45, 7) is -0.451. The number of carbonyl (C=O) groups is 1. The van der Waals surface area contributed by atoms with E-state index >= 15 is 0 Å². The highest BCUT2D eigenvalue weighted by molar-refractivity contribution is 5.78. The van der Waals surface area contributed by atoms with Gasteiger partial charge < -0.3 is 10.8 Å². The molecule has 0 bridgehead atoms. The molecule has 1 heterocycles. The highest BCUT2D eigenvalue weighted by Gasteiger charge is 2.14. The molecule has 0 radical (unpaired) electrons. The van der Waals surface area contributed by atoms with E-state index < -0.39 is 29.9 Å². The molecule has 72 valence electrons. The Morgan fingerprint density at radius 3 is 2.31 bits per heavy atom. The Hall–Kier alpha value is -1.83. The number of nitrogens with zero attached hydrogens (tertiary/aromatic N) is 1. The monoisotopic (exact) mass is 188 g/mol. The molecule has 5 N–H and O–H groups in total. The summed E-state index contributed by atoms with van der Waals surface area (Å²) in [7, 11) is 0. The van der Waals surface area contributed by atoms with Crippen LogP contribution in [0.3, 0.4) is 0 Å². The van der Waals surface area contributed by atoms with Crippen LogP contribution in [0.1, 0.15) is 0 Å². The average Bonchev–Trinajstić information content (AvgIpc) is 2.35. The molecule has 0 saturated carbocycles. The number of rotatable bonds is 3. The van der Waals surface area contributed by atoms with Crippen molar-refractivity contribution in [3.63, 3.8) is 0 Å². The third-order valence-electron chi connectivity index (χ3n) is 1.45. The molecule has 0 aliphatic heterocycles. The second-order valence-electron chi connectivity index (χ2n) is 2.39. The van der Waals surface area contributed by atoms with Gasteiger partial charge in [-0.15, -0.1) is 0 Å². The largest absolute Gasteiger partial charge is 0.381 e. The summed E-state index contributed by atoms with van der Waals surface area (Å²) in [5.74, 6) is -0.993. The molecule has 0 fully saturated rings. The maximum Gasteiger partial charge on any atom is 0.344 e. The number of hydrogen-bond donors (Lipinski definition) is 4. The van der Waals surface area contributed by atoms with Crippen LogP contribution in [0.15, 0.2) is 9.59 Å². The fourth-order valence-corrected chi connectivity index (χ4v) is 0.763. The van der Waals surface area contributed by atoms with Crippen LogP contribution >= 0.6 is 0 Å². The first-order chi connectivity index (χ1) is 6.02. The number of amides is 1. The van der Waals surface area contributed by atoms with Crippen molar-refractivity contribution in [2.45, 2.75) is 12.6 Å². The Morgan fingerprint density at radius 2 is 1.92 bits per heavy atom. The summed E-state index contributed by atoms with van der Waals surface area (Å²) in [5.41, 5.74) is 3.26. The fourth-order valence-electron chi connectivity index (χ4n) is 0.763. The van der Waals surface area contributed by atoms with Crippen LogP contribution in [0, 0.1) is 0 Å². The van der Waals surface area contributed by atoms with Crippen LogP contribution in [-0.4, -0.2) is 31.9 Å². The van der Waals surface area contributed by atoms with Crippen molar-refractivity contribution < 1.29 is 9.90 Å². The molecule has 0 spiro atoms. The Bertz CT molecular complexity index is 385. The van der Waals surface area contributed by atoms with E-state index in [0.29, 0.717) is 4.57 Å². The third kappa shape index (κ3) is 1.85. The minimum Gasteiger partial charge on any atom is -0.381 e. The smallest absolute Gasteiger partial charge is 0.344 e. The van der Waals surface area contributed by atoms with E-state index in [1.807, 2.05) is 10.2 Å². The summed E-state index contributed by atoms with van der Waals surface area (Å²) in [5, 5.41) is 12.9. The Balaban J connectivity index is 2.92. The summed E-state index contributed by atoms with van der Waals surface area (Å²) in [4.78, 5) is 32.0. The maximum absolute atomic E-state index is 10.8. The second kappa shape index (κ2) is 3.27. The predicted molar refractivity (Wildman–Crippen MR) is 40.9 cm³/mol. The topological polar surface area (TPSA) is 134 Å². The van der Waals surface area contributed by atoms with Crippen molar-refractivity contribution in [1.29, 1.82) is 0 Å². The lowest BCUT2D eigenvalue weighted by Gasteiger charge is -2.03. The zero-order valence-corrected chi connectivity index (χ0v) is 6.48. The second-order valence-corrected chi connectivity index (χ2v) is 2.39. The number of hydrogen-bond acceptors (Lipinski definition) is 4. The average molecular weight is 188 g/mol. The predicted octanol–water partition coefficient (Wildman–Crippen LogP) is -3.29. The normalized spacial score (nSPS) is 12.7. The molecule has 1 unspecified atom stereocenters. The lowest BCUT2D eigenvalue weighted by Crippen LogP contribution is -2.38. The van der Waals surface area contributed by atoms with Gasteiger partial charge in [-0.05, 0) is 0 Å². The molecule has 1 rings (SSSR count). The molecular weight excluding hydrogens is 180 g/mol. The summed E-state index contributed by atoms with van der Waals surface area (Å²) in [6.07, 6.45) is -1.55. The number of nitrogens with two attached hydrogens (primary N) is 1. The molecule has 1 aromatic heterocycles. The van der Waals surface area contributed by atoms with Gasteiger partial charge in [-0.2, -0.15) is 0 Å². The molecule has 13 heavy (non-hydrogen) atoms. The summed E-state index contributed by atoms with van der Waals surface area (Å²) >= 11 is 0. The van der Waals surface area contributed by atoms with Crippen molar-refractivity contribution in [3.8, 4) is 0 Å². The van der Waals surface area contributed by atoms with Gasteiger partial charge in [0.2, 0.25) is 5.91 Å². The molecule has 0 aliphatic carbocycles. The number of aromatic amines is 2. The molecule has 1 amide bonds. The zero-order valence-electron chi connectivity index (χ0n) is 6.48. The van der Waals surface area contributed by atoms with Crippen LogP contribution in [0.5, 0.6) is 0 Å². The molecule has 0 saturated heterocycles. The number of aliphatic hydroxyl groups excluding tert-OH is 1. The van der Waals surface area contributed by atoms with Gasteiger partial charge >= 0.3 is 11.4 Å². The third-order valence-corrected chi connectivity index (χ3v) is 1.45. The minimum atomic E-state index is -1.55. The SMILES string of the molecule is NC(=O)C(O)Cn1c(=O)[nH][nH]c1=O. The molecule has 8 heteroatoms. The van der Waals surface area contributed by atoms with Crippen LogP contribution < -0.4 is 17.1 Å². The van der Waals surface area contributed by atoms with E-state index in [2.05, 4.69) is 0 Å². The van der Waals surface area contributed by atoms with Gasteiger partial charge in [-0.25, -0.2) is 24.4 Å². The maximum atomic E-state index is 10.8. The zero-order chi connectivity index (χ0) is 10.0. The van der Waals surface area contributed by atoms with E-state index in [1.165, 1.54) is 0 Å². The number of carbonyl (C=O) groups excluding carboxylic acids is 1. The van der Waals surface area contributed by atoms with Crippen LogP contribution in [0.4, 0.5) is 0 Å². The number of nitrogens with one attached hydrogen (secondary N) is 2. The standard InChI is InChI=1S/C5H8N4O4/c6-3(11)2(10)1-9-4(12)7-8-5(9)13/h2,10H,1H2,(H2,6,11)(H,7,12)(H,8,13). The minimum absolute atomic E-state index is 0.451. The molecule has 1 atom stereocenters. The highest BCUT2D eigenvalue weighted by atomic mass is 16.3. The first-order valence-electron chi connectivity index (χ1n) is 3.37. The van der Waals surface area contributed by atoms with Crippen LogP contribution in [0.25, 0.3) is 0 Å². The van der Waals surface area contributed by atoms with Crippen molar-refractivity contribution in [1.82, 2.24) is 14.8 Å². The van der Waals surface area contributed by atoms with Gasteiger partial charge in [0.15, 0.2) is 6.10 Å². The molecular formula is C5H8N4O4. The van der Waals surface area contributed by atoms with E-state index in [4.69, 9.17) is 10.8 Å². The van der Waals surface area contributed by atoms with E-state index in [9.17, 15) is 14.4 Å². The van der Waals surface area contributed by atoms with Gasteiger partial charge in [0.25, 0.3) is 0 Å². The lowest BCUT2D eigenvalue weighted by molar-refractivity contribution is -0.126. The van der Waals surface area contributed by atoms with Crippen molar-refractivity contribution in [3.05, 3.63) is 21.0 Å². The lowest BCUT2D eigenvalue weighted by atomic mass is 10.3. The van der Waals surface area contributed by atoms with Gasteiger partial charge in [-0.3, -0.25) is 4.79 Å². The number of primary amides is 1. The first kappa shape index (κ1) is 9.26. The summed E-state index contributed by atoms with van der Waals surface area (Å²) in [6, 6.07) is 0. The summed E-state index contributed by atoms with van der Waals surface area (Å²) < 4.78 is 0.634. The fraction of sp³-hybridized carbons (Fsp3) is 0.400. The molecule has 0 aliphatic rings. The highest BCUT2D eigenvalue weighted by Crippen LogP contribution is 1.82.